The molecule has 3 rings (SSSR count). The summed E-state index contributed by atoms with van der Waals surface area (Å²) in [6, 6.07) is 11.7. The van der Waals surface area contributed by atoms with Crippen LogP contribution >= 0.6 is 0 Å². The standard InChI is InChI=1S/C23H25NO3/c1-14-7-6-8-19(16(14)3)12-22(25)20-9-10-23(15(2)11-20)26-13-21-17(4)24-27-18(21)5/h6-11H,12-13H2,1-5H3. The molecule has 0 aliphatic heterocycles. The lowest BCUT2D eigenvalue weighted by Crippen LogP contribution is -2.06. The van der Waals surface area contributed by atoms with E-state index >= 15 is 0 Å². The fourth-order valence-corrected chi connectivity index (χ4v) is 3.12. The maximum Gasteiger partial charge on any atom is 0.167 e. The molecule has 0 unspecified atom stereocenters. The van der Waals surface area contributed by atoms with Gasteiger partial charge < -0.3 is 9.26 Å². The van der Waals surface area contributed by atoms with Gasteiger partial charge in [-0.3, -0.25) is 4.79 Å². The Bertz CT molecular complexity index is 966. The summed E-state index contributed by atoms with van der Waals surface area (Å²) in [7, 11) is 0. The molecule has 0 N–H and O–H groups in total. The van der Waals surface area contributed by atoms with Crippen molar-refractivity contribution in [3.05, 3.63) is 81.2 Å². The molecule has 1 aromatic heterocycles. The summed E-state index contributed by atoms with van der Waals surface area (Å²) in [5.41, 5.74) is 6.92. The normalized spacial score (nSPS) is 10.9. The lowest BCUT2D eigenvalue weighted by molar-refractivity contribution is 0.0992. The maximum absolute atomic E-state index is 12.7. The molecule has 4 nitrogen and oxygen atoms in total. The van der Waals surface area contributed by atoms with Crippen LogP contribution in [0.5, 0.6) is 5.75 Å². The number of aryl methyl sites for hydroxylation is 4. The molecule has 0 atom stereocenters. The number of Topliss-reactive ketones (excluding diaryl/α,β-unsaturated/α-hetero) is 1. The molecule has 1 heterocycles. The molecular formula is C23H25NO3. The summed E-state index contributed by atoms with van der Waals surface area (Å²) in [5, 5.41) is 3.94. The highest BCUT2D eigenvalue weighted by atomic mass is 16.5. The predicted molar refractivity (Wildman–Crippen MR) is 105 cm³/mol. The van der Waals surface area contributed by atoms with E-state index in [9.17, 15) is 4.79 Å². The number of nitrogens with zero attached hydrogens (tertiary/aromatic N) is 1. The van der Waals surface area contributed by atoms with E-state index in [1.807, 2.05) is 51.1 Å². The van der Waals surface area contributed by atoms with Crippen LogP contribution in [0, 0.1) is 34.6 Å². The first kappa shape index (κ1) is 18.9. The Morgan fingerprint density at radius 1 is 1.04 bits per heavy atom. The van der Waals surface area contributed by atoms with Crippen molar-refractivity contribution in [1.29, 1.82) is 0 Å². The molecule has 2 aromatic carbocycles. The minimum atomic E-state index is 0.115. The Kier molecular flexibility index (Phi) is 5.45. The average Bonchev–Trinajstić information content (AvgIpc) is 2.96. The van der Waals surface area contributed by atoms with Crippen LogP contribution in [0.4, 0.5) is 0 Å². The summed E-state index contributed by atoms with van der Waals surface area (Å²) >= 11 is 0. The van der Waals surface area contributed by atoms with Gasteiger partial charge in [0.15, 0.2) is 5.78 Å². The summed E-state index contributed by atoms with van der Waals surface area (Å²) in [5.74, 6) is 1.65. The molecule has 140 valence electrons. The van der Waals surface area contributed by atoms with Crippen LogP contribution in [0.1, 0.15) is 49.6 Å². The van der Waals surface area contributed by atoms with E-state index in [1.165, 1.54) is 11.1 Å². The second kappa shape index (κ2) is 7.78. The number of carbonyl (C=O) groups is 1. The van der Waals surface area contributed by atoms with Crippen molar-refractivity contribution >= 4 is 5.78 Å². The van der Waals surface area contributed by atoms with Crippen LogP contribution < -0.4 is 4.74 Å². The number of ether oxygens (including phenoxy) is 1. The Balaban J connectivity index is 1.72. The Labute approximate surface area is 160 Å². The molecule has 0 radical (unpaired) electrons. The number of hydrogen-bond donors (Lipinski definition) is 0. The van der Waals surface area contributed by atoms with Crippen LogP contribution in [-0.2, 0) is 13.0 Å². The maximum atomic E-state index is 12.7. The third kappa shape index (κ3) is 4.11. The predicted octanol–water partition coefficient (Wildman–Crippen LogP) is 5.22. The fraction of sp³-hybridized carbons (Fsp3) is 0.304. The number of benzene rings is 2. The van der Waals surface area contributed by atoms with Crippen LogP contribution in [-0.4, -0.2) is 10.9 Å². The second-order valence-corrected chi connectivity index (χ2v) is 7.03. The van der Waals surface area contributed by atoms with Crippen molar-refractivity contribution in [2.75, 3.05) is 0 Å². The molecule has 0 bridgehead atoms. The van der Waals surface area contributed by atoms with Gasteiger partial charge in [-0.05, 0) is 75.1 Å². The largest absolute Gasteiger partial charge is 0.488 e. The first-order chi connectivity index (χ1) is 12.9. The zero-order valence-corrected chi connectivity index (χ0v) is 16.6. The summed E-state index contributed by atoms with van der Waals surface area (Å²) in [6.45, 7) is 10.3. The lowest BCUT2D eigenvalue weighted by Gasteiger charge is -2.11. The Morgan fingerprint density at radius 3 is 2.48 bits per heavy atom. The summed E-state index contributed by atoms with van der Waals surface area (Å²) < 4.78 is 11.1. The van der Waals surface area contributed by atoms with Crippen molar-refractivity contribution in [1.82, 2.24) is 5.16 Å². The van der Waals surface area contributed by atoms with Gasteiger partial charge in [-0.15, -0.1) is 0 Å². The first-order valence-electron chi connectivity index (χ1n) is 9.10. The number of ketones is 1. The number of carbonyl (C=O) groups excluding carboxylic acids is 1. The topological polar surface area (TPSA) is 52.3 Å². The highest BCUT2D eigenvalue weighted by Gasteiger charge is 2.13. The van der Waals surface area contributed by atoms with E-state index in [1.54, 1.807) is 0 Å². The van der Waals surface area contributed by atoms with Crippen molar-refractivity contribution in [2.45, 2.75) is 47.6 Å². The molecule has 0 fully saturated rings. The minimum absolute atomic E-state index is 0.115. The van der Waals surface area contributed by atoms with E-state index in [0.29, 0.717) is 18.6 Å². The molecule has 0 saturated carbocycles. The van der Waals surface area contributed by atoms with Gasteiger partial charge in [-0.25, -0.2) is 0 Å². The quantitative estimate of drug-likeness (QED) is 0.563. The van der Waals surface area contributed by atoms with E-state index in [4.69, 9.17) is 9.26 Å². The van der Waals surface area contributed by atoms with Crippen molar-refractivity contribution in [3.63, 3.8) is 0 Å². The smallest absolute Gasteiger partial charge is 0.167 e. The van der Waals surface area contributed by atoms with Gasteiger partial charge >= 0.3 is 0 Å². The molecule has 4 heteroatoms. The van der Waals surface area contributed by atoms with Crippen molar-refractivity contribution in [3.8, 4) is 5.75 Å². The molecule has 0 amide bonds. The van der Waals surface area contributed by atoms with Crippen LogP contribution in [0.3, 0.4) is 0 Å². The highest BCUT2D eigenvalue weighted by molar-refractivity contribution is 5.98. The molecular weight excluding hydrogens is 338 g/mol. The van der Waals surface area contributed by atoms with Crippen LogP contribution in [0.25, 0.3) is 0 Å². The van der Waals surface area contributed by atoms with E-state index in [-0.39, 0.29) is 5.78 Å². The molecule has 0 spiro atoms. The minimum Gasteiger partial charge on any atom is -0.488 e. The third-order valence-corrected chi connectivity index (χ3v) is 5.12. The van der Waals surface area contributed by atoms with Gasteiger partial charge in [0.25, 0.3) is 0 Å². The highest BCUT2D eigenvalue weighted by Crippen LogP contribution is 2.23. The van der Waals surface area contributed by atoms with Gasteiger partial charge in [0.1, 0.15) is 18.1 Å². The van der Waals surface area contributed by atoms with Crippen molar-refractivity contribution in [2.24, 2.45) is 0 Å². The first-order valence-corrected chi connectivity index (χ1v) is 9.10. The summed E-state index contributed by atoms with van der Waals surface area (Å²) in [4.78, 5) is 12.7. The summed E-state index contributed by atoms with van der Waals surface area (Å²) in [6.07, 6.45) is 0.409. The number of rotatable bonds is 6. The average molecular weight is 363 g/mol. The van der Waals surface area contributed by atoms with E-state index < -0.39 is 0 Å². The van der Waals surface area contributed by atoms with Gasteiger partial charge in [0.2, 0.25) is 0 Å². The number of hydrogen-bond acceptors (Lipinski definition) is 4. The van der Waals surface area contributed by atoms with Gasteiger partial charge in [0.05, 0.1) is 11.3 Å². The Hall–Kier alpha value is -2.88. The van der Waals surface area contributed by atoms with Gasteiger partial charge in [-0.2, -0.15) is 0 Å². The molecule has 0 saturated heterocycles. The third-order valence-electron chi connectivity index (χ3n) is 5.12. The van der Waals surface area contributed by atoms with Gasteiger partial charge in [0, 0.05) is 12.0 Å². The zero-order chi connectivity index (χ0) is 19.6. The van der Waals surface area contributed by atoms with E-state index in [0.717, 1.165) is 33.9 Å². The zero-order valence-electron chi connectivity index (χ0n) is 16.6. The van der Waals surface area contributed by atoms with E-state index in [2.05, 4.69) is 25.1 Å². The second-order valence-electron chi connectivity index (χ2n) is 7.03. The van der Waals surface area contributed by atoms with Crippen LogP contribution in [0.15, 0.2) is 40.9 Å². The molecule has 3 aromatic rings. The SMILES string of the molecule is Cc1cc(C(=O)Cc2cccc(C)c2C)ccc1OCc1c(C)noc1C. The Morgan fingerprint density at radius 2 is 1.81 bits per heavy atom. The molecule has 27 heavy (non-hydrogen) atoms. The lowest BCUT2D eigenvalue weighted by atomic mass is 9.96. The van der Waals surface area contributed by atoms with Crippen LogP contribution in [0.2, 0.25) is 0 Å². The number of aromatic nitrogens is 1. The van der Waals surface area contributed by atoms with Gasteiger partial charge in [-0.1, -0.05) is 23.4 Å². The molecule has 0 aliphatic rings. The molecule has 0 aliphatic carbocycles. The van der Waals surface area contributed by atoms with Crippen molar-refractivity contribution < 1.29 is 14.1 Å². The fourth-order valence-electron chi connectivity index (χ4n) is 3.12. The monoisotopic (exact) mass is 363 g/mol.